The van der Waals surface area contributed by atoms with Crippen molar-refractivity contribution in [3.8, 4) is 0 Å². The lowest BCUT2D eigenvalue weighted by atomic mass is 10.1. The molecule has 14 heavy (non-hydrogen) atoms. The summed E-state index contributed by atoms with van der Waals surface area (Å²) >= 11 is 7.31. The van der Waals surface area contributed by atoms with E-state index in [1.165, 1.54) is 12.8 Å². The Balaban J connectivity index is 2.39. The minimum atomic E-state index is 0.442. The predicted molar refractivity (Wildman–Crippen MR) is 69.0 cm³/mol. The topological polar surface area (TPSA) is 15.3 Å². The summed E-state index contributed by atoms with van der Waals surface area (Å²) in [5.74, 6) is 0. The molecular formula is C10H20N2S2. The molecule has 0 aromatic rings. The van der Waals surface area contributed by atoms with Gasteiger partial charge < -0.3 is 10.2 Å². The lowest BCUT2D eigenvalue weighted by Gasteiger charge is -2.34. The molecule has 1 rings (SSSR count). The normalized spacial score (nSPS) is 22.6. The van der Waals surface area contributed by atoms with Crippen LogP contribution in [0.5, 0.6) is 0 Å². The number of thiocarbonyl (C=S) groups is 1. The maximum Gasteiger partial charge on any atom is 0.169 e. The highest BCUT2D eigenvalue weighted by Gasteiger charge is 2.20. The molecule has 1 fully saturated rings. The lowest BCUT2D eigenvalue weighted by Crippen LogP contribution is -2.47. The molecule has 0 bridgehead atoms. The fourth-order valence-electron chi connectivity index (χ4n) is 1.65. The Hall–Kier alpha value is 0.0400. The van der Waals surface area contributed by atoms with Crippen molar-refractivity contribution in [3.63, 3.8) is 0 Å². The molecule has 1 atom stereocenters. The fourth-order valence-corrected chi connectivity index (χ4v) is 2.79. The smallest absolute Gasteiger partial charge is 0.169 e. The lowest BCUT2D eigenvalue weighted by molar-refractivity contribution is 0.343. The van der Waals surface area contributed by atoms with Crippen molar-refractivity contribution in [2.45, 2.75) is 38.0 Å². The van der Waals surface area contributed by atoms with Crippen LogP contribution in [0.2, 0.25) is 0 Å². The molecule has 1 aliphatic rings. The van der Waals surface area contributed by atoms with Gasteiger partial charge in [0.05, 0.1) is 0 Å². The number of nitrogens with one attached hydrogen (secondary N) is 1. The van der Waals surface area contributed by atoms with Crippen LogP contribution in [0, 0.1) is 0 Å². The Labute approximate surface area is 96.8 Å². The van der Waals surface area contributed by atoms with Crippen LogP contribution in [0.1, 0.15) is 26.7 Å². The van der Waals surface area contributed by atoms with Crippen molar-refractivity contribution in [2.75, 3.05) is 19.3 Å². The van der Waals surface area contributed by atoms with Crippen LogP contribution in [-0.2, 0) is 0 Å². The quantitative estimate of drug-likeness (QED) is 0.733. The molecule has 0 saturated carbocycles. The first-order valence-corrected chi connectivity index (χ1v) is 6.91. The third kappa shape index (κ3) is 3.65. The second-order valence-electron chi connectivity index (χ2n) is 4.05. The van der Waals surface area contributed by atoms with Gasteiger partial charge in [0, 0.05) is 24.4 Å². The third-order valence-electron chi connectivity index (χ3n) is 2.41. The van der Waals surface area contributed by atoms with E-state index in [1.807, 2.05) is 11.8 Å². The van der Waals surface area contributed by atoms with Gasteiger partial charge in [-0.25, -0.2) is 0 Å². The number of thioether (sulfide) groups is 1. The monoisotopic (exact) mass is 232 g/mol. The molecule has 1 saturated heterocycles. The number of hydrogen-bond acceptors (Lipinski definition) is 2. The summed E-state index contributed by atoms with van der Waals surface area (Å²) in [5, 5.41) is 4.99. The van der Waals surface area contributed by atoms with Crippen LogP contribution in [-0.4, -0.2) is 40.6 Å². The molecule has 1 unspecified atom stereocenters. The summed E-state index contributed by atoms with van der Waals surface area (Å²) in [7, 11) is 0. The van der Waals surface area contributed by atoms with E-state index >= 15 is 0 Å². The molecule has 0 radical (unpaired) electrons. The molecule has 0 aliphatic carbocycles. The Kier molecular flexibility index (Phi) is 5.02. The van der Waals surface area contributed by atoms with Crippen molar-refractivity contribution >= 4 is 29.1 Å². The zero-order valence-corrected chi connectivity index (χ0v) is 10.9. The van der Waals surface area contributed by atoms with E-state index in [1.54, 1.807) is 0 Å². The summed E-state index contributed by atoms with van der Waals surface area (Å²) in [5.41, 5.74) is 0. The van der Waals surface area contributed by atoms with Crippen molar-refractivity contribution in [1.29, 1.82) is 0 Å². The Morgan fingerprint density at radius 1 is 1.57 bits per heavy atom. The number of hydrogen-bond donors (Lipinski definition) is 1. The molecule has 1 N–H and O–H groups in total. The summed E-state index contributed by atoms with van der Waals surface area (Å²) in [6.45, 7) is 6.49. The first-order chi connectivity index (χ1) is 6.63. The molecular weight excluding hydrogens is 212 g/mol. The van der Waals surface area contributed by atoms with Crippen molar-refractivity contribution in [1.82, 2.24) is 10.2 Å². The van der Waals surface area contributed by atoms with Gasteiger partial charge in [0.1, 0.15) is 0 Å². The summed E-state index contributed by atoms with van der Waals surface area (Å²) in [6, 6.07) is 0.442. The van der Waals surface area contributed by atoms with Crippen molar-refractivity contribution in [3.05, 3.63) is 0 Å². The Morgan fingerprint density at radius 3 is 2.86 bits per heavy atom. The van der Waals surface area contributed by atoms with Crippen LogP contribution < -0.4 is 5.32 Å². The zero-order chi connectivity index (χ0) is 10.6. The molecule has 2 nitrogen and oxygen atoms in total. The standard InChI is InChI=1S/C10H20N2S2/c1-8(2)11-10(13)12-6-4-5-9(7-12)14-3/h8-9H,4-7H2,1-3H3,(H,11,13). The molecule has 0 aromatic carbocycles. The molecule has 4 heteroatoms. The molecule has 1 heterocycles. The Bertz CT molecular complexity index is 195. The van der Waals surface area contributed by atoms with E-state index in [9.17, 15) is 0 Å². The summed E-state index contributed by atoms with van der Waals surface area (Å²) in [4.78, 5) is 2.31. The highest BCUT2D eigenvalue weighted by molar-refractivity contribution is 7.99. The number of nitrogens with zero attached hydrogens (tertiary/aromatic N) is 1. The Morgan fingerprint density at radius 2 is 2.29 bits per heavy atom. The van der Waals surface area contributed by atoms with Crippen LogP contribution in [0.3, 0.4) is 0 Å². The predicted octanol–water partition coefficient (Wildman–Crippen LogP) is 2.10. The number of rotatable bonds is 2. The highest BCUT2D eigenvalue weighted by atomic mass is 32.2. The zero-order valence-electron chi connectivity index (χ0n) is 9.25. The van der Waals surface area contributed by atoms with Crippen molar-refractivity contribution in [2.24, 2.45) is 0 Å². The summed E-state index contributed by atoms with van der Waals surface area (Å²) < 4.78 is 0. The minimum Gasteiger partial charge on any atom is -0.360 e. The first kappa shape index (κ1) is 12.1. The van der Waals surface area contributed by atoms with Crippen LogP contribution in [0.15, 0.2) is 0 Å². The van der Waals surface area contributed by atoms with Gasteiger partial charge in [-0.05, 0) is 45.2 Å². The van der Waals surface area contributed by atoms with Gasteiger partial charge in [-0.3, -0.25) is 0 Å². The molecule has 0 spiro atoms. The maximum atomic E-state index is 5.36. The molecule has 0 amide bonds. The van der Waals surface area contributed by atoms with E-state index in [4.69, 9.17) is 12.2 Å². The van der Waals surface area contributed by atoms with Gasteiger partial charge in [0.2, 0.25) is 0 Å². The number of likely N-dealkylation sites (tertiary alicyclic amines) is 1. The second-order valence-corrected chi connectivity index (χ2v) is 5.57. The molecule has 82 valence electrons. The van der Waals surface area contributed by atoms with E-state index in [-0.39, 0.29) is 0 Å². The SMILES string of the molecule is CSC1CCCN(C(=S)NC(C)C)C1. The van der Waals surface area contributed by atoms with Gasteiger partial charge in [-0.2, -0.15) is 11.8 Å². The van der Waals surface area contributed by atoms with Gasteiger partial charge >= 0.3 is 0 Å². The van der Waals surface area contributed by atoms with Crippen LogP contribution >= 0.6 is 24.0 Å². The van der Waals surface area contributed by atoms with Gasteiger partial charge in [0.15, 0.2) is 5.11 Å². The average molecular weight is 232 g/mol. The molecule has 1 aliphatic heterocycles. The average Bonchev–Trinajstić information content (AvgIpc) is 2.17. The van der Waals surface area contributed by atoms with Gasteiger partial charge in [-0.15, -0.1) is 0 Å². The van der Waals surface area contributed by atoms with Gasteiger partial charge in [0.25, 0.3) is 0 Å². The molecule has 0 aromatic heterocycles. The van der Waals surface area contributed by atoms with Crippen LogP contribution in [0.25, 0.3) is 0 Å². The van der Waals surface area contributed by atoms with E-state index in [0.717, 1.165) is 23.5 Å². The van der Waals surface area contributed by atoms with Gasteiger partial charge in [-0.1, -0.05) is 0 Å². The minimum absolute atomic E-state index is 0.442. The van der Waals surface area contributed by atoms with Crippen molar-refractivity contribution < 1.29 is 0 Å². The largest absolute Gasteiger partial charge is 0.360 e. The van der Waals surface area contributed by atoms with E-state index in [2.05, 4.69) is 30.3 Å². The van der Waals surface area contributed by atoms with Crippen LogP contribution in [0.4, 0.5) is 0 Å². The summed E-state index contributed by atoms with van der Waals surface area (Å²) in [6.07, 6.45) is 4.79. The van der Waals surface area contributed by atoms with E-state index in [0.29, 0.717) is 6.04 Å². The third-order valence-corrected chi connectivity index (χ3v) is 3.84. The first-order valence-electron chi connectivity index (χ1n) is 5.21. The highest BCUT2D eigenvalue weighted by Crippen LogP contribution is 2.20. The maximum absolute atomic E-state index is 5.36. The van der Waals surface area contributed by atoms with E-state index < -0.39 is 0 Å². The number of piperidine rings is 1. The fraction of sp³-hybridized carbons (Fsp3) is 0.900. The second kappa shape index (κ2) is 5.81.